The molecule has 2 N–H and O–H groups in total. The van der Waals surface area contributed by atoms with E-state index in [0.717, 1.165) is 23.8 Å². The quantitative estimate of drug-likeness (QED) is 0.810. The number of thioether (sulfide) groups is 1. The minimum atomic E-state index is -0.590. The lowest BCUT2D eigenvalue weighted by Gasteiger charge is -2.23. The monoisotopic (exact) mass is 311 g/mol. The Morgan fingerprint density at radius 1 is 1.29 bits per heavy atom. The molecule has 1 fully saturated rings. The van der Waals surface area contributed by atoms with E-state index in [2.05, 4.69) is 5.32 Å². The van der Waals surface area contributed by atoms with Crippen molar-refractivity contribution >= 4 is 11.8 Å². The van der Waals surface area contributed by atoms with Crippen LogP contribution in [0.5, 0.6) is 11.5 Å². The molecule has 5 heteroatoms. The standard InChI is InChI=1S/C16H25NO3S/c1-19-13-3-4-16(20-2)14(9-13)15(18)11-17-10-12-5-7-21-8-6-12/h3-4,9,12,15,17-18H,5-8,10-11H2,1-2H3. The molecular formula is C16H25NO3S. The van der Waals surface area contributed by atoms with Crippen LogP contribution in [0.15, 0.2) is 18.2 Å². The number of benzene rings is 1. The van der Waals surface area contributed by atoms with Crippen molar-refractivity contribution in [2.75, 3.05) is 38.8 Å². The van der Waals surface area contributed by atoms with Gasteiger partial charge in [-0.1, -0.05) is 0 Å². The second-order valence-corrected chi connectivity index (χ2v) is 6.56. The normalized spacial score (nSPS) is 17.5. The Bertz CT molecular complexity index is 436. The summed E-state index contributed by atoms with van der Waals surface area (Å²) in [6.07, 6.45) is 1.96. The van der Waals surface area contributed by atoms with Crippen molar-refractivity contribution in [3.63, 3.8) is 0 Å². The predicted molar refractivity (Wildman–Crippen MR) is 87.4 cm³/mol. The van der Waals surface area contributed by atoms with Gasteiger partial charge in [0.2, 0.25) is 0 Å². The van der Waals surface area contributed by atoms with E-state index in [-0.39, 0.29) is 0 Å². The average Bonchev–Trinajstić information content (AvgIpc) is 2.55. The van der Waals surface area contributed by atoms with Gasteiger partial charge in [0.15, 0.2) is 0 Å². The molecule has 1 heterocycles. The summed E-state index contributed by atoms with van der Waals surface area (Å²) in [6, 6.07) is 5.50. The van der Waals surface area contributed by atoms with Crippen LogP contribution in [0.3, 0.4) is 0 Å². The Kier molecular flexibility index (Phi) is 6.67. The first kappa shape index (κ1) is 16.5. The second kappa shape index (κ2) is 8.51. The summed E-state index contributed by atoms with van der Waals surface area (Å²) in [5.41, 5.74) is 0.767. The van der Waals surface area contributed by atoms with Crippen molar-refractivity contribution in [3.8, 4) is 11.5 Å². The molecule has 0 radical (unpaired) electrons. The van der Waals surface area contributed by atoms with Gasteiger partial charge in [-0.15, -0.1) is 0 Å². The van der Waals surface area contributed by atoms with Crippen LogP contribution in [0.25, 0.3) is 0 Å². The van der Waals surface area contributed by atoms with Crippen LogP contribution >= 0.6 is 11.8 Å². The van der Waals surface area contributed by atoms with Crippen LogP contribution in [0.2, 0.25) is 0 Å². The lowest BCUT2D eigenvalue weighted by atomic mass is 10.0. The van der Waals surface area contributed by atoms with Gasteiger partial charge in [-0.05, 0) is 55.0 Å². The Hall–Kier alpha value is -0.910. The predicted octanol–water partition coefficient (Wildman–Crippen LogP) is 2.47. The number of aliphatic hydroxyl groups excluding tert-OH is 1. The number of hydrogen-bond acceptors (Lipinski definition) is 5. The highest BCUT2D eigenvalue weighted by Crippen LogP contribution is 2.29. The van der Waals surface area contributed by atoms with E-state index in [0.29, 0.717) is 12.3 Å². The molecule has 1 aliphatic rings. The first-order chi connectivity index (χ1) is 10.2. The first-order valence-electron chi connectivity index (χ1n) is 7.43. The topological polar surface area (TPSA) is 50.7 Å². The molecule has 1 atom stereocenters. The smallest absolute Gasteiger partial charge is 0.124 e. The van der Waals surface area contributed by atoms with Crippen LogP contribution < -0.4 is 14.8 Å². The molecule has 0 amide bonds. The van der Waals surface area contributed by atoms with Crippen molar-refractivity contribution < 1.29 is 14.6 Å². The summed E-state index contributed by atoms with van der Waals surface area (Å²) < 4.78 is 10.5. The van der Waals surface area contributed by atoms with Crippen LogP contribution in [-0.4, -0.2) is 43.9 Å². The molecule has 0 bridgehead atoms. The number of aliphatic hydroxyl groups is 1. The van der Waals surface area contributed by atoms with E-state index in [9.17, 15) is 5.11 Å². The number of rotatable bonds is 7. The van der Waals surface area contributed by atoms with Gasteiger partial charge in [0.25, 0.3) is 0 Å². The third-order valence-corrected chi connectivity index (χ3v) is 4.96. The number of methoxy groups -OCH3 is 2. The SMILES string of the molecule is COc1ccc(OC)c(C(O)CNCC2CCSCC2)c1. The van der Waals surface area contributed by atoms with Gasteiger partial charge in [-0.25, -0.2) is 0 Å². The highest BCUT2D eigenvalue weighted by atomic mass is 32.2. The van der Waals surface area contributed by atoms with E-state index < -0.39 is 6.10 Å². The van der Waals surface area contributed by atoms with Gasteiger partial charge >= 0.3 is 0 Å². The van der Waals surface area contributed by atoms with E-state index in [4.69, 9.17) is 9.47 Å². The lowest BCUT2D eigenvalue weighted by Crippen LogP contribution is -2.29. The highest BCUT2D eigenvalue weighted by Gasteiger charge is 2.17. The molecule has 4 nitrogen and oxygen atoms in total. The summed E-state index contributed by atoms with van der Waals surface area (Å²) in [7, 11) is 3.24. The van der Waals surface area contributed by atoms with Crippen molar-refractivity contribution in [2.45, 2.75) is 18.9 Å². The molecule has 118 valence electrons. The van der Waals surface area contributed by atoms with Crippen molar-refractivity contribution in [2.24, 2.45) is 5.92 Å². The first-order valence-corrected chi connectivity index (χ1v) is 8.58. The maximum Gasteiger partial charge on any atom is 0.124 e. The van der Waals surface area contributed by atoms with E-state index >= 15 is 0 Å². The fourth-order valence-corrected chi connectivity index (χ4v) is 3.79. The Labute approximate surface area is 131 Å². The highest BCUT2D eigenvalue weighted by molar-refractivity contribution is 7.99. The summed E-state index contributed by atoms with van der Waals surface area (Å²) in [5, 5.41) is 13.8. The van der Waals surface area contributed by atoms with E-state index in [1.807, 2.05) is 30.0 Å². The zero-order valence-corrected chi connectivity index (χ0v) is 13.6. The molecule has 0 aromatic heterocycles. The zero-order chi connectivity index (χ0) is 15.1. The minimum Gasteiger partial charge on any atom is -0.497 e. The Balaban J connectivity index is 1.88. The van der Waals surface area contributed by atoms with Gasteiger partial charge in [0.1, 0.15) is 11.5 Å². The van der Waals surface area contributed by atoms with Gasteiger partial charge in [-0.3, -0.25) is 0 Å². The van der Waals surface area contributed by atoms with Gasteiger partial charge < -0.3 is 19.9 Å². The molecule has 1 aromatic carbocycles. The maximum absolute atomic E-state index is 10.4. The Morgan fingerprint density at radius 3 is 2.71 bits per heavy atom. The van der Waals surface area contributed by atoms with Crippen molar-refractivity contribution in [1.29, 1.82) is 0 Å². The van der Waals surface area contributed by atoms with Gasteiger partial charge in [-0.2, -0.15) is 11.8 Å². The summed E-state index contributed by atoms with van der Waals surface area (Å²) >= 11 is 2.04. The van der Waals surface area contributed by atoms with Crippen LogP contribution in [0, 0.1) is 5.92 Å². The largest absolute Gasteiger partial charge is 0.497 e. The van der Waals surface area contributed by atoms with Crippen molar-refractivity contribution in [1.82, 2.24) is 5.32 Å². The number of nitrogens with one attached hydrogen (secondary N) is 1. The van der Waals surface area contributed by atoms with Crippen LogP contribution in [0.1, 0.15) is 24.5 Å². The summed E-state index contributed by atoms with van der Waals surface area (Å²) in [6.45, 7) is 1.51. The zero-order valence-electron chi connectivity index (χ0n) is 12.8. The number of hydrogen-bond donors (Lipinski definition) is 2. The third-order valence-electron chi connectivity index (χ3n) is 3.91. The summed E-state index contributed by atoms with van der Waals surface area (Å²) in [4.78, 5) is 0. The molecule has 21 heavy (non-hydrogen) atoms. The number of ether oxygens (including phenoxy) is 2. The summed E-state index contributed by atoms with van der Waals surface area (Å²) in [5.74, 6) is 4.69. The van der Waals surface area contributed by atoms with E-state index in [1.165, 1.54) is 24.3 Å². The fraction of sp³-hybridized carbons (Fsp3) is 0.625. The fourth-order valence-electron chi connectivity index (χ4n) is 2.58. The molecule has 0 aliphatic carbocycles. The minimum absolute atomic E-state index is 0.535. The van der Waals surface area contributed by atoms with Crippen LogP contribution in [0.4, 0.5) is 0 Å². The van der Waals surface area contributed by atoms with Crippen LogP contribution in [-0.2, 0) is 0 Å². The molecule has 1 aliphatic heterocycles. The molecule has 2 rings (SSSR count). The third kappa shape index (κ3) is 4.80. The molecule has 1 aromatic rings. The molecule has 0 saturated carbocycles. The average molecular weight is 311 g/mol. The molecule has 1 unspecified atom stereocenters. The lowest BCUT2D eigenvalue weighted by molar-refractivity contribution is 0.168. The van der Waals surface area contributed by atoms with Gasteiger partial charge in [0, 0.05) is 12.1 Å². The Morgan fingerprint density at radius 2 is 2.05 bits per heavy atom. The molecule has 1 saturated heterocycles. The molecule has 0 spiro atoms. The maximum atomic E-state index is 10.4. The van der Waals surface area contributed by atoms with Crippen molar-refractivity contribution in [3.05, 3.63) is 23.8 Å². The van der Waals surface area contributed by atoms with Gasteiger partial charge in [0.05, 0.1) is 20.3 Å². The van der Waals surface area contributed by atoms with E-state index in [1.54, 1.807) is 14.2 Å². The second-order valence-electron chi connectivity index (χ2n) is 5.34. The molecular weight excluding hydrogens is 286 g/mol.